The van der Waals surface area contributed by atoms with Gasteiger partial charge in [0, 0.05) is 6.07 Å². The van der Waals surface area contributed by atoms with E-state index in [1.54, 1.807) is 0 Å². The molecule has 24 heavy (non-hydrogen) atoms. The number of carbonyl (C=O) groups excluding carboxylic acids is 2. The van der Waals surface area contributed by atoms with Crippen LogP contribution in [-0.4, -0.2) is 31.0 Å². The van der Waals surface area contributed by atoms with Crippen LogP contribution in [0.25, 0.3) is 0 Å². The largest absolute Gasteiger partial charge is 0.492 e. The third-order valence-corrected chi connectivity index (χ3v) is 3.09. The van der Waals surface area contributed by atoms with Crippen LogP contribution in [0, 0.1) is 11.6 Å². The van der Waals surface area contributed by atoms with Crippen molar-refractivity contribution < 1.29 is 27.5 Å². The molecular weight excluding hydrogens is 322 g/mol. The number of hydrogen-bond donors (Lipinski definition) is 2. The fourth-order valence-electron chi connectivity index (χ4n) is 1.80. The van der Waals surface area contributed by atoms with E-state index in [-0.39, 0.29) is 18.9 Å². The number of hydrogen-bond acceptors (Lipinski definition) is 4. The third kappa shape index (κ3) is 4.80. The summed E-state index contributed by atoms with van der Waals surface area (Å²) in [6, 6.07) is 3.89. The molecule has 1 heterocycles. The smallest absolute Gasteiger partial charge is 0.255 e. The maximum Gasteiger partial charge on any atom is 0.255 e. The van der Waals surface area contributed by atoms with Crippen molar-refractivity contribution >= 4 is 11.8 Å². The Balaban J connectivity index is 1.70. The van der Waals surface area contributed by atoms with Crippen molar-refractivity contribution in [1.29, 1.82) is 0 Å². The Morgan fingerprint density at radius 3 is 2.71 bits per heavy atom. The molecule has 0 saturated carbocycles. The van der Waals surface area contributed by atoms with Crippen molar-refractivity contribution in [3.8, 4) is 5.75 Å². The summed E-state index contributed by atoms with van der Waals surface area (Å²) in [6.45, 7) is 1.74. The average Bonchev–Trinajstić information content (AvgIpc) is 3.09. The van der Waals surface area contributed by atoms with Gasteiger partial charge in [0.2, 0.25) is 5.91 Å². The number of furan rings is 1. The average molecular weight is 338 g/mol. The van der Waals surface area contributed by atoms with Gasteiger partial charge in [-0.15, -0.1) is 0 Å². The molecule has 2 N–H and O–H groups in total. The minimum absolute atomic E-state index is 0.0687. The Labute approximate surface area is 136 Å². The molecule has 0 saturated heterocycles. The van der Waals surface area contributed by atoms with Gasteiger partial charge >= 0.3 is 0 Å². The lowest BCUT2D eigenvalue weighted by molar-refractivity contribution is -0.122. The van der Waals surface area contributed by atoms with E-state index < -0.39 is 29.5 Å². The molecule has 0 bridgehead atoms. The van der Waals surface area contributed by atoms with Crippen LogP contribution in [0.4, 0.5) is 8.78 Å². The quantitative estimate of drug-likeness (QED) is 0.755. The first-order chi connectivity index (χ1) is 11.5. The number of nitrogens with one attached hydrogen (secondary N) is 2. The first-order valence-corrected chi connectivity index (χ1v) is 7.16. The van der Waals surface area contributed by atoms with Crippen LogP contribution in [0.3, 0.4) is 0 Å². The molecule has 128 valence electrons. The van der Waals surface area contributed by atoms with E-state index in [9.17, 15) is 18.4 Å². The molecule has 2 rings (SSSR count). The molecule has 6 nitrogen and oxygen atoms in total. The molecule has 0 radical (unpaired) electrons. The Morgan fingerprint density at radius 2 is 2.04 bits per heavy atom. The highest BCUT2D eigenvalue weighted by atomic mass is 19.2. The van der Waals surface area contributed by atoms with E-state index in [4.69, 9.17) is 9.15 Å². The summed E-state index contributed by atoms with van der Waals surface area (Å²) in [5, 5.41) is 5.07. The van der Waals surface area contributed by atoms with Crippen molar-refractivity contribution in [1.82, 2.24) is 10.6 Å². The van der Waals surface area contributed by atoms with E-state index in [2.05, 4.69) is 10.6 Å². The van der Waals surface area contributed by atoms with Gasteiger partial charge in [-0.05, 0) is 25.1 Å². The van der Waals surface area contributed by atoms with Crippen molar-refractivity contribution in [2.24, 2.45) is 0 Å². The van der Waals surface area contributed by atoms with Crippen molar-refractivity contribution in [2.75, 3.05) is 13.2 Å². The zero-order valence-corrected chi connectivity index (χ0v) is 12.8. The Morgan fingerprint density at radius 1 is 1.25 bits per heavy atom. The molecule has 1 atom stereocenters. The summed E-state index contributed by atoms with van der Waals surface area (Å²) >= 11 is 0. The van der Waals surface area contributed by atoms with Gasteiger partial charge < -0.3 is 19.8 Å². The second-order valence-electron chi connectivity index (χ2n) is 4.92. The fraction of sp³-hybridized carbons (Fsp3) is 0.250. The second-order valence-corrected chi connectivity index (χ2v) is 4.92. The van der Waals surface area contributed by atoms with Crippen LogP contribution in [0.1, 0.15) is 17.3 Å². The highest BCUT2D eigenvalue weighted by molar-refractivity contribution is 5.97. The molecule has 0 aliphatic carbocycles. The van der Waals surface area contributed by atoms with E-state index >= 15 is 0 Å². The topological polar surface area (TPSA) is 80.6 Å². The van der Waals surface area contributed by atoms with E-state index in [1.807, 2.05) is 0 Å². The molecule has 1 unspecified atom stereocenters. The third-order valence-electron chi connectivity index (χ3n) is 3.09. The van der Waals surface area contributed by atoms with Crippen molar-refractivity contribution in [3.05, 3.63) is 54.0 Å². The minimum atomic E-state index is -1.01. The molecule has 0 aliphatic heterocycles. The van der Waals surface area contributed by atoms with Gasteiger partial charge in [-0.2, -0.15) is 0 Å². The molecule has 2 amide bonds. The van der Waals surface area contributed by atoms with Gasteiger partial charge in [0.1, 0.15) is 24.7 Å². The molecular formula is C16H16F2N2O4. The first kappa shape index (κ1) is 17.5. The lowest BCUT2D eigenvalue weighted by Gasteiger charge is -2.14. The lowest BCUT2D eigenvalue weighted by Crippen LogP contribution is -2.45. The monoisotopic (exact) mass is 338 g/mol. The lowest BCUT2D eigenvalue weighted by atomic mass is 10.2. The van der Waals surface area contributed by atoms with E-state index in [1.165, 1.54) is 31.6 Å². The summed E-state index contributed by atoms with van der Waals surface area (Å²) < 4.78 is 35.7. The maximum atomic E-state index is 13.0. The SMILES string of the molecule is CC(NC(=O)c1ccoc1)C(=O)NCCOc1ccc(F)c(F)c1. The summed E-state index contributed by atoms with van der Waals surface area (Å²) in [4.78, 5) is 23.6. The van der Waals surface area contributed by atoms with Crippen LogP contribution in [0.15, 0.2) is 41.2 Å². The van der Waals surface area contributed by atoms with Crippen LogP contribution in [0.5, 0.6) is 5.75 Å². The molecule has 2 aromatic rings. The van der Waals surface area contributed by atoms with E-state index in [0.717, 1.165) is 12.1 Å². The van der Waals surface area contributed by atoms with Crippen LogP contribution >= 0.6 is 0 Å². The Hall–Kier alpha value is -2.90. The molecule has 1 aromatic carbocycles. The minimum Gasteiger partial charge on any atom is -0.492 e. The number of ether oxygens (including phenoxy) is 1. The predicted molar refractivity (Wildman–Crippen MR) is 80.5 cm³/mol. The number of carbonyl (C=O) groups is 2. The molecule has 0 fully saturated rings. The van der Waals surface area contributed by atoms with Gasteiger partial charge in [-0.1, -0.05) is 0 Å². The van der Waals surface area contributed by atoms with Gasteiger partial charge in [0.15, 0.2) is 11.6 Å². The van der Waals surface area contributed by atoms with Gasteiger partial charge in [0.05, 0.1) is 18.4 Å². The normalized spacial score (nSPS) is 11.6. The zero-order valence-electron chi connectivity index (χ0n) is 12.8. The Kier molecular flexibility index (Phi) is 5.89. The zero-order chi connectivity index (χ0) is 17.5. The highest BCUT2D eigenvalue weighted by Crippen LogP contribution is 2.14. The van der Waals surface area contributed by atoms with Crippen molar-refractivity contribution in [3.63, 3.8) is 0 Å². The van der Waals surface area contributed by atoms with Crippen LogP contribution < -0.4 is 15.4 Å². The second kappa shape index (κ2) is 8.09. The predicted octanol–water partition coefficient (Wildman–Crippen LogP) is 1.87. The highest BCUT2D eigenvalue weighted by Gasteiger charge is 2.16. The molecule has 0 aliphatic rings. The van der Waals surface area contributed by atoms with E-state index in [0.29, 0.717) is 5.56 Å². The molecule has 0 spiro atoms. The maximum absolute atomic E-state index is 13.0. The summed E-state index contributed by atoms with van der Waals surface area (Å²) in [7, 11) is 0. The van der Waals surface area contributed by atoms with Crippen LogP contribution in [-0.2, 0) is 4.79 Å². The standard InChI is InChI=1S/C16H16F2N2O4/c1-10(20-16(22)11-4-6-23-9-11)15(21)19-5-7-24-12-2-3-13(17)14(18)8-12/h2-4,6,8-10H,5,7H2,1H3,(H,19,21)(H,20,22). The number of rotatable bonds is 7. The number of halogens is 2. The fourth-order valence-corrected chi connectivity index (χ4v) is 1.80. The number of benzene rings is 1. The molecule has 1 aromatic heterocycles. The van der Waals surface area contributed by atoms with Gasteiger partial charge in [-0.25, -0.2) is 8.78 Å². The summed E-state index contributed by atoms with van der Waals surface area (Å²) in [6.07, 6.45) is 2.63. The van der Waals surface area contributed by atoms with Gasteiger partial charge in [0.25, 0.3) is 5.91 Å². The van der Waals surface area contributed by atoms with Gasteiger partial charge in [-0.3, -0.25) is 9.59 Å². The summed E-state index contributed by atoms with van der Waals surface area (Å²) in [5.74, 6) is -2.64. The Bertz CT molecular complexity index is 704. The summed E-state index contributed by atoms with van der Waals surface area (Å²) in [5.41, 5.74) is 0.316. The number of amides is 2. The first-order valence-electron chi connectivity index (χ1n) is 7.16. The van der Waals surface area contributed by atoms with Crippen LogP contribution in [0.2, 0.25) is 0 Å². The molecule has 8 heteroatoms. The van der Waals surface area contributed by atoms with Crippen molar-refractivity contribution in [2.45, 2.75) is 13.0 Å².